The van der Waals surface area contributed by atoms with E-state index >= 15 is 0 Å². The number of halogens is 1. The van der Waals surface area contributed by atoms with Gasteiger partial charge in [0, 0.05) is 6.54 Å². The van der Waals surface area contributed by atoms with Gasteiger partial charge < -0.3 is 5.73 Å². The molecule has 0 saturated heterocycles. The highest BCUT2D eigenvalue weighted by Crippen LogP contribution is 2.48. The van der Waals surface area contributed by atoms with Gasteiger partial charge in [-0.1, -0.05) is 24.3 Å². The van der Waals surface area contributed by atoms with Crippen molar-refractivity contribution in [1.82, 2.24) is 0 Å². The summed E-state index contributed by atoms with van der Waals surface area (Å²) in [6.45, 7) is 2.16. The zero-order chi connectivity index (χ0) is 10.2. The van der Waals surface area contributed by atoms with Crippen LogP contribution in [0.2, 0.25) is 0 Å². The summed E-state index contributed by atoms with van der Waals surface area (Å²) < 4.78 is 14.3. The van der Waals surface area contributed by atoms with Crippen molar-refractivity contribution in [2.75, 3.05) is 0 Å². The topological polar surface area (TPSA) is 26.0 Å². The van der Waals surface area contributed by atoms with Crippen LogP contribution in [0.4, 0.5) is 4.39 Å². The summed E-state index contributed by atoms with van der Waals surface area (Å²) in [4.78, 5) is 0. The van der Waals surface area contributed by atoms with Gasteiger partial charge in [0.05, 0.1) is 0 Å². The molecule has 0 amide bonds. The van der Waals surface area contributed by atoms with E-state index in [1.807, 2.05) is 24.3 Å². The Morgan fingerprint density at radius 3 is 2.79 bits per heavy atom. The van der Waals surface area contributed by atoms with E-state index in [0.29, 0.717) is 6.54 Å². The Bertz CT molecular complexity index is 329. The summed E-state index contributed by atoms with van der Waals surface area (Å²) in [6.07, 6.45) is 2.03. The molecular weight excluding hydrogens is 177 g/mol. The van der Waals surface area contributed by atoms with Crippen LogP contribution in [0.25, 0.3) is 0 Å². The van der Waals surface area contributed by atoms with Crippen molar-refractivity contribution in [2.45, 2.75) is 32.0 Å². The molecule has 1 fully saturated rings. The second-order valence-corrected chi connectivity index (χ2v) is 4.25. The quantitative estimate of drug-likeness (QED) is 0.784. The second-order valence-electron chi connectivity index (χ2n) is 4.25. The molecule has 0 heterocycles. The highest BCUT2D eigenvalue weighted by molar-refractivity contribution is 5.29. The first-order valence-electron chi connectivity index (χ1n) is 5.13. The average Bonchev–Trinajstić information content (AvgIpc) is 3.01. The van der Waals surface area contributed by atoms with Gasteiger partial charge in [0.1, 0.15) is 5.67 Å². The Balaban J connectivity index is 2.30. The number of nitrogens with two attached hydrogens (primary N) is 1. The van der Waals surface area contributed by atoms with Crippen molar-refractivity contribution >= 4 is 0 Å². The number of benzene rings is 1. The lowest BCUT2D eigenvalue weighted by atomic mass is 9.91. The molecule has 1 aromatic carbocycles. The van der Waals surface area contributed by atoms with Crippen molar-refractivity contribution in [3.63, 3.8) is 0 Å². The molecule has 1 aliphatic carbocycles. The zero-order valence-electron chi connectivity index (χ0n) is 8.46. The van der Waals surface area contributed by atoms with Gasteiger partial charge in [-0.05, 0) is 36.8 Å². The van der Waals surface area contributed by atoms with Crippen molar-refractivity contribution in [3.8, 4) is 0 Å². The van der Waals surface area contributed by atoms with Gasteiger partial charge in [-0.15, -0.1) is 0 Å². The molecule has 0 radical (unpaired) electrons. The van der Waals surface area contributed by atoms with Crippen LogP contribution in [-0.4, -0.2) is 0 Å². The van der Waals surface area contributed by atoms with Crippen LogP contribution in [-0.2, 0) is 12.2 Å². The Hall–Kier alpha value is -0.890. The predicted octanol–water partition coefficient (Wildman–Crippen LogP) is 2.74. The fourth-order valence-electron chi connectivity index (χ4n) is 1.86. The fraction of sp³-hybridized carbons (Fsp3) is 0.500. The first-order valence-corrected chi connectivity index (χ1v) is 5.13. The first-order chi connectivity index (χ1) is 6.64. The summed E-state index contributed by atoms with van der Waals surface area (Å²) in [7, 11) is 0. The lowest BCUT2D eigenvalue weighted by Crippen LogP contribution is -2.18. The Morgan fingerprint density at radius 1 is 1.50 bits per heavy atom. The third kappa shape index (κ3) is 1.67. The van der Waals surface area contributed by atoms with Crippen LogP contribution in [0.5, 0.6) is 0 Å². The van der Waals surface area contributed by atoms with E-state index in [0.717, 1.165) is 24.0 Å². The standard InChI is InChI=1S/C12H16FN/c1-12(13,10-5-6-10)11-4-2-3-9(7-11)8-14/h2-4,7,10H,5-6,8,14H2,1H3. The van der Waals surface area contributed by atoms with Gasteiger partial charge in [0.25, 0.3) is 0 Å². The smallest absolute Gasteiger partial charge is 0.136 e. The van der Waals surface area contributed by atoms with Gasteiger partial charge >= 0.3 is 0 Å². The maximum Gasteiger partial charge on any atom is 0.136 e. The first kappa shape index (κ1) is 9.66. The molecule has 1 atom stereocenters. The van der Waals surface area contributed by atoms with E-state index in [2.05, 4.69) is 0 Å². The van der Waals surface area contributed by atoms with Crippen LogP contribution in [0.1, 0.15) is 30.9 Å². The van der Waals surface area contributed by atoms with E-state index in [-0.39, 0.29) is 5.92 Å². The molecule has 2 rings (SSSR count). The zero-order valence-corrected chi connectivity index (χ0v) is 8.46. The average molecular weight is 193 g/mol. The van der Waals surface area contributed by atoms with E-state index in [9.17, 15) is 4.39 Å². The molecule has 76 valence electrons. The molecule has 2 N–H and O–H groups in total. The molecule has 2 heteroatoms. The summed E-state index contributed by atoms with van der Waals surface area (Å²) in [5.74, 6) is 0.218. The van der Waals surface area contributed by atoms with Crippen molar-refractivity contribution in [1.29, 1.82) is 0 Å². The van der Waals surface area contributed by atoms with Gasteiger partial charge in [-0.3, -0.25) is 0 Å². The maximum absolute atomic E-state index is 14.3. The van der Waals surface area contributed by atoms with Crippen molar-refractivity contribution in [3.05, 3.63) is 35.4 Å². The lowest BCUT2D eigenvalue weighted by molar-refractivity contribution is 0.158. The minimum atomic E-state index is -1.16. The van der Waals surface area contributed by atoms with Crippen molar-refractivity contribution < 1.29 is 4.39 Å². The lowest BCUT2D eigenvalue weighted by Gasteiger charge is -2.20. The Kier molecular flexibility index (Phi) is 2.31. The summed E-state index contributed by atoms with van der Waals surface area (Å²) >= 11 is 0. The molecule has 0 aliphatic heterocycles. The monoisotopic (exact) mass is 193 g/mol. The van der Waals surface area contributed by atoms with E-state index in [4.69, 9.17) is 5.73 Å². The van der Waals surface area contributed by atoms with Gasteiger partial charge in [0.2, 0.25) is 0 Å². The molecule has 0 spiro atoms. The van der Waals surface area contributed by atoms with E-state index in [1.54, 1.807) is 6.92 Å². The van der Waals surface area contributed by atoms with Crippen LogP contribution in [0.3, 0.4) is 0 Å². The predicted molar refractivity (Wildman–Crippen MR) is 55.5 cm³/mol. The van der Waals surface area contributed by atoms with Crippen molar-refractivity contribution in [2.24, 2.45) is 11.7 Å². The molecular formula is C12H16FN. The van der Waals surface area contributed by atoms with Gasteiger partial charge in [-0.2, -0.15) is 0 Å². The summed E-state index contributed by atoms with van der Waals surface area (Å²) in [5.41, 5.74) is 6.16. The minimum Gasteiger partial charge on any atom is -0.326 e. The van der Waals surface area contributed by atoms with E-state index in [1.165, 1.54) is 0 Å². The minimum absolute atomic E-state index is 0.218. The molecule has 1 nitrogen and oxygen atoms in total. The summed E-state index contributed by atoms with van der Waals surface area (Å²) in [6, 6.07) is 7.57. The summed E-state index contributed by atoms with van der Waals surface area (Å²) in [5, 5.41) is 0. The molecule has 1 saturated carbocycles. The maximum atomic E-state index is 14.3. The largest absolute Gasteiger partial charge is 0.326 e. The molecule has 1 aliphatic rings. The van der Waals surface area contributed by atoms with Gasteiger partial charge in [-0.25, -0.2) is 4.39 Å². The SMILES string of the molecule is CC(F)(c1cccc(CN)c1)C1CC1. The number of rotatable bonds is 3. The van der Waals surface area contributed by atoms with Gasteiger partial charge in [0.15, 0.2) is 0 Å². The normalized spacial score (nSPS) is 20.5. The van der Waals surface area contributed by atoms with Crippen LogP contribution in [0.15, 0.2) is 24.3 Å². The number of alkyl halides is 1. The fourth-order valence-corrected chi connectivity index (χ4v) is 1.86. The number of hydrogen-bond acceptors (Lipinski definition) is 1. The highest BCUT2D eigenvalue weighted by Gasteiger charge is 2.43. The number of hydrogen-bond donors (Lipinski definition) is 1. The third-order valence-electron chi connectivity index (χ3n) is 3.07. The Morgan fingerprint density at radius 2 is 2.21 bits per heavy atom. The van der Waals surface area contributed by atoms with Crippen LogP contribution in [0, 0.1) is 5.92 Å². The molecule has 14 heavy (non-hydrogen) atoms. The van der Waals surface area contributed by atoms with Crippen LogP contribution < -0.4 is 5.73 Å². The second kappa shape index (κ2) is 3.35. The molecule has 0 bridgehead atoms. The Labute approximate surface area is 84.1 Å². The van der Waals surface area contributed by atoms with E-state index < -0.39 is 5.67 Å². The third-order valence-corrected chi connectivity index (χ3v) is 3.07. The molecule has 1 unspecified atom stereocenters. The molecule has 1 aromatic rings. The molecule has 0 aromatic heterocycles. The highest BCUT2D eigenvalue weighted by atomic mass is 19.1. The van der Waals surface area contributed by atoms with Crippen LogP contribution >= 0.6 is 0 Å².